The Morgan fingerprint density at radius 1 is 1.45 bits per heavy atom. The van der Waals surface area contributed by atoms with Crippen molar-refractivity contribution in [3.63, 3.8) is 0 Å². The zero-order valence-electron chi connectivity index (χ0n) is 9.59. The molecule has 1 aromatic carbocycles. The number of halogens is 3. The Hall–Kier alpha value is -1.51. The van der Waals surface area contributed by atoms with Crippen LogP contribution in [-0.2, 0) is 6.54 Å². The van der Waals surface area contributed by atoms with Crippen LogP contribution in [-0.4, -0.2) is 25.5 Å². The van der Waals surface area contributed by atoms with Crippen LogP contribution in [0.2, 0.25) is 10.0 Å². The molecule has 0 fully saturated rings. The molecule has 0 aliphatic carbocycles. The highest BCUT2D eigenvalue weighted by Gasteiger charge is 2.22. The first kappa shape index (κ1) is 14.9. The highest BCUT2D eigenvalue weighted by atomic mass is 79.9. The molecule has 2 aromatic rings. The lowest BCUT2D eigenvalue weighted by atomic mass is 10.1. The van der Waals surface area contributed by atoms with E-state index in [1.165, 1.54) is 12.1 Å². The predicted octanol–water partition coefficient (Wildman–Crippen LogP) is 3.14. The summed E-state index contributed by atoms with van der Waals surface area (Å²) in [6, 6.07) is 4.47. The molecule has 104 valence electrons. The number of nitro groups is 1. The van der Waals surface area contributed by atoms with Crippen LogP contribution >= 0.6 is 39.1 Å². The average molecular weight is 380 g/mol. The number of ketones is 1. The van der Waals surface area contributed by atoms with Gasteiger partial charge in [-0.25, -0.2) is 0 Å². The number of nitrogens with zero attached hydrogens (tertiary/aromatic N) is 4. The van der Waals surface area contributed by atoms with Crippen molar-refractivity contribution in [3.05, 3.63) is 48.7 Å². The van der Waals surface area contributed by atoms with Crippen LogP contribution in [0.3, 0.4) is 0 Å². The molecule has 10 heteroatoms. The lowest BCUT2D eigenvalue weighted by molar-refractivity contribution is -0.394. The minimum atomic E-state index is -0.752. The summed E-state index contributed by atoms with van der Waals surface area (Å²) in [7, 11) is 0. The maximum absolute atomic E-state index is 12.1. The molecule has 0 radical (unpaired) electrons. The number of carbonyl (C=O) groups is 1. The molecule has 2 rings (SSSR count). The molecule has 0 unspecified atom stereocenters. The van der Waals surface area contributed by atoms with Crippen molar-refractivity contribution in [1.82, 2.24) is 14.8 Å². The SMILES string of the molecule is O=C(Cn1nc([N+](=O)[O-])nc1Br)c1cc(Cl)ccc1Cl. The molecule has 1 heterocycles. The van der Waals surface area contributed by atoms with Crippen LogP contribution in [0.15, 0.2) is 22.9 Å². The van der Waals surface area contributed by atoms with Gasteiger partial charge in [-0.15, -0.1) is 0 Å². The molecule has 0 saturated heterocycles. The van der Waals surface area contributed by atoms with E-state index < -0.39 is 16.7 Å². The van der Waals surface area contributed by atoms with Gasteiger partial charge in [0.05, 0.1) is 5.02 Å². The van der Waals surface area contributed by atoms with Gasteiger partial charge in [0.1, 0.15) is 6.54 Å². The van der Waals surface area contributed by atoms with Crippen LogP contribution in [0.25, 0.3) is 0 Å². The zero-order valence-corrected chi connectivity index (χ0v) is 12.7. The number of benzene rings is 1. The monoisotopic (exact) mass is 378 g/mol. The van der Waals surface area contributed by atoms with E-state index in [2.05, 4.69) is 26.0 Å². The van der Waals surface area contributed by atoms with Crippen LogP contribution < -0.4 is 0 Å². The molecule has 0 saturated carbocycles. The van der Waals surface area contributed by atoms with Crippen LogP contribution in [0.5, 0.6) is 0 Å². The number of hydrogen-bond acceptors (Lipinski definition) is 5. The topological polar surface area (TPSA) is 90.9 Å². The summed E-state index contributed by atoms with van der Waals surface area (Å²) in [4.78, 5) is 25.4. The summed E-state index contributed by atoms with van der Waals surface area (Å²) in [6.07, 6.45) is 0. The molecule has 0 bridgehead atoms. The van der Waals surface area contributed by atoms with Gasteiger partial charge in [0, 0.05) is 31.6 Å². The standard InChI is InChI=1S/C10H5BrCl2N4O3/c11-9-14-10(17(19)20)15-16(9)4-8(18)6-3-5(12)1-2-7(6)13/h1-3H,4H2. The van der Waals surface area contributed by atoms with Crippen LogP contribution in [0.1, 0.15) is 10.4 Å². The quantitative estimate of drug-likeness (QED) is 0.462. The number of aromatic nitrogens is 3. The molecular weight excluding hydrogens is 375 g/mol. The Balaban J connectivity index is 2.28. The van der Waals surface area contributed by atoms with Gasteiger partial charge in [0.2, 0.25) is 0 Å². The van der Waals surface area contributed by atoms with Gasteiger partial charge in [-0.1, -0.05) is 23.2 Å². The summed E-state index contributed by atoms with van der Waals surface area (Å²) in [5.74, 6) is -0.986. The van der Waals surface area contributed by atoms with E-state index in [-0.39, 0.29) is 21.9 Å². The minimum absolute atomic E-state index is 0.0794. The van der Waals surface area contributed by atoms with Gasteiger partial charge >= 0.3 is 5.95 Å². The fourth-order valence-electron chi connectivity index (χ4n) is 1.42. The van der Waals surface area contributed by atoms with Crippen molar-refractivity contribution in [2.24, 2.45) is 0 Å². The lowest BCUT2D eigenvalue weighted by Crippen LogP contribution is -2.12. The Labute approximate surface area is 130 Å². The predicted molar refractivity (Wildman–Crippen MR) is 75.2 cm³/mol. The fraction of sp³-hybridized carbons (Fsp3) is 0.100. The molecule has 1 aromatic heterocycles. The van der Waals surface area contributed by atoms with E-state index >= 15 is 0 Å². The Morgan fingerprint density at radius 2 is 2.15 bits per heavy atom. The zero-order chi connectivity index (χ0) is 14.9. The smallest absolute Gasteiger partial charge is 0.390 e. The van der Waals surface area contributed by atoms with E-state index in [1.54, 1.807) is 6.07 Å². The first-order chi connectivity index (χ1) is 9.38. The maximum atomic E-state index is 12.1. The van der Waals surface area contributed by atoms with E-state index in [1.807, 2.05) is 0 Å². The highest BCUT2D eigenvalue weighted by molar-refractivity contribution is 9.10. The third-order valence-electron chi connectivity index (χ3n) is 2.30. The van der Waals surface area contributed by atoms with Crippen LogP contribution in [0, 0.1) is 10.1 Å². The highest BCUT2D eigenvalue weighted by Crippen LogP contribution is 2.22. The lowest BCUT2D eigenvalue weighted by Gasteiger charge is -2.03. The van der Waals surface area contributed by atoms with Crippen LogP contribution in [0.4, 0.5) is 5.95 Å². The number of carbonyl (C=O) groups excluding carboxylic acids is 1. The van der Waals surface area contributed by atoms with E-state index in [4.69, 9.17) is 23.2 Å². The summed E-state index contributed by atoms with van der Waals surface area (Å²) < 4.78 is 1.15. The minimum Gasteiger partial charge on any atom is -0.390 e. The van der Waals surface area contributed by atoms with Crippen molar-refractivity contribution in [2.45, 2.75) is 6.54 Å². The van der Waals surface area contributed by atoms with Crippen molar-refractivity contribution in [2.75, 3.05) is 0 Å². The molecule has 7 nitrogen and oxygen atoms in total. The summed E-state index contributed by atoms with van der Waals surface area (Å²) >= 11 is 14.7. The molecule has 0 amide bonds. The third-order valence-corrected chi connectivity index (χ3v) is 3.45. The van der Waals surface area contributed by atoms with E-state index in [0.29, 0.717) is 5.02 Å². The van der Waals surface area contributed by atoms with Gasteiger partial charge in [-0.3, -0.25) is 4.79 Å². The van der Waals surface area contributed by atoms with Crippen molar-refractivity contribution in [1.29, 1.82) is 0 Å². The Kier molecular flexibility index (Phi) is 4.36. The average Bonchev–Trinajstić information content (AvgIpc) is 2.74. The van der Waals surface area contributed by atoms with Gasteiger partial charge < -0.3 is 10.1 Å². The molecule has 20 heavy (non-hydrogen) atoms. The molecule has 0 aliphatic heterocycles. The second kappa shape index (κ2) is 5.86. The van der Waals surface area contributed by atoms with Gasteiger partial charge in [0.25, 0.3) is 4.73 Å². The summed E-state index contributed by atoms with van der Waals surface area (Å²) in [5.41, 5.74) is 0.212. The molecule has 0 aliphatic rings. The molecule has 0 spiro atoms. The Bertz CT molecular complexity index is 704. The first-order valence-electron chi connectivity index (χ1n) is 5.11. The molecule has 0 atom stereocenters. The number of hydrogen-bond donors (Lipinski definition) is 0. The molecule has 0 N–H and O–H groups in total. The van der Waals surface area contributed by atoms with E-state index in [9.17, 15) is 14.9 Å². The fourth-order valence-corrected chi connectivity index (χ4v) is 2.18. The largest absolute Gasteiger partial charge is 0.492 e. The van der Waals surface area contributed by atoms with Gasteiger partial charge in [-0.05, 0) is 28.1 Å². The second-order valence-electron chi connectivity index (χ2n) is 3.64. The summed E-state index contributed by atoms with van der Waals surface area (Å²) in [6.45, 7) is -0.249. The van der Waals surface area contributed by atoms with Crippen molar-refractivity contribution >= 4 is 50.9 Å². The number of Topliss-reactive ketones (excluding diaryl/α,β-unsaturated/α-hetero) is 1. The van der Waals surface area contributed by atoms with E-state index in [0.717, 1.165) is 4.68 Å². The number of rotatable bonds is 4. The van der Waals surface area contributed by atoms with Crippen molar-refractivity contribution < 1.29 is 9.72 Å². The maximum Gasteiger partial charge on any atom is 0.492 e. The Morgan fingerprint density at radius 3 is 2.75 bits per heavy atom. The van der Waals surface area contributed by atoms with Crippen molar-refractivity contribution in [3.8, 4) is 0 Å². The van der Waals surface area contributed by atoms with Gasteiger partial charge in [0.15, 0.2) is 5.78 Å². The third kappa shape index (κ3) is 3.14. The normalized spacial score (nSPS) is 10.6. The molecular formula is C10H5BrCl2N4O3. The second-order valence-corrected chi connectivity index (χ2v) is 5.20. The van der Waals surface area contributed by atoms with Gasteiger partial charge in [-0.2, -0.15) is 4.68 Å². The first-order valence-corrected chi connectivity index (χ1v) is 6.66. The summed E-state index contributed by atoms with van der Waals surface area (Å²) in [5, 5.41) is 14.7.